The van der Waals surface area contributed by atoms with Gasteiger partial charge in [-0.3, -0.25) is 4.90 Å². The summed E-state index contributed by atoms with van der Waals surface area (Å²) in [5.74, 6) is 0.665. The van der Waals surface area contributed by atoms with Gasteiger partial charge in [0.05, 0.1) is 0 Å². The Bertz CT molecular complexity index is 373. The number of rotatable bonds is 6. The smallest absolute Gasteiger partial charge is 0.115 e. The van der Waals surface area contributed by atoms with E-state index in [9.17, 15) is 0 Å². The summed E-state index contributed by atoms with van der Waals surface area (Å²) in [5, 5.41) is 3.56. The van der Waals surface area contributed by atoms with Crippen molar-refractivity contribution in [3.05, 3.63) is 24.3 Å². The molecule has 0 saturated carbocycles. The van der Waals surface area contributed by atoms with Gasteiger partial charge in [-0.15, -0.1) is 0 Å². The summed E-state index contributed by atoms with van der Waals surface area (Å²) in [7, 11) is 2.20. The summed E-state index contributed by atoms with van der Waals surface area (Å²) >= 11 is 0. The molecule has 20 heavy (non-hydrogen) atoms. The highest BCUT2D eigenvalue weighted by atomic mass is 15.3. The Morgan fingerprint density at radius 2 is 1.80 bits per heavy atom. The molecule has 5 heteroatoms. The Labute approximate surface area is 122 Å². The molecule has 2 heterocycles. The maximum Gasteiger partial charge on any atom is 0.115 e. The van der Waals surface area contributed by atoms with E-state index in [1.807, 2.05) is 12.4 Å². The van der Waals surface area contributed by atoms with Crippen molar-refractivity contribution in [1.82, 2.24) is 25.1 Å². The van der Waals surface area contributed by atoms with Gasteiger partial charge in [0.25, 0.3) is 0 Å². The Kier molecular flexibility index (Phi) is 5.88. The van der Waals surface area contributed by atoms with Crippen LogP contribution in [0.2, 0.25) is 0 Å². The number of nitrogens with zero attached hydrogens (tertiary/aromatic N) is 4. The lowest BCUT2D eigenvalue weighted by Gasteiger charge is -2.40. The van der Waals surface area contributed by atoms with Crippen molar-refractivity contribution < 1.29 is 0 Å². The van der Waals surface area contributed by atoms with Crippen molar-refractivity contribution in [3.8, 4) is 0 Å². The first kappa shape index (κ1) is 15.4. The van der Waals surface area contributed by atoms with Crippen LogP contribution in [0.25, 0.3) is 0 Å². The van der Waals surface area contributed by atoms with E-state index in [-0.39, 0.29) is 0 Å². The van der Waals surface area contributed by atoms with Gasteiger partial charge in [0, 0.05) is 63.3 Å². The van der Waals surface area contributed by atoms with Gasteiger partial charge in [0.2, 0.25) is 0 Å². The van der Waals surface area contributed by atoms with Crippen molar-refractivity contribution in [1.29, 1.82) is 0 Å². The lowest BCUT2D eigenvalue weighted by atomic mass is 10.0. The van der Waals surface area contributed by atoms with Crippen LogP contribution in [0.5, 0.6) is 0 Å². The lowest BCUT2D eigenvalue weighted by molar-refractivity contribution is 0.0875. The maximum absolute atomic E-state index is 4.05. The fraction of sp³-hybridized carbons (Fsp3) is 0.733. The molecule has 2 rings (SSSR count). The Hall–Kier alpha value is -1.04. The van der Waals surface area contributed by atoms with Crippen LogP contribution in [0, 0.1) is 5.92 Å². The van der Waals surface area contributed by atoms with E-state index in [1.165, 1.54) is 26.2 Å². The minimum atomic E-state index is 0.605. The van der Waals surface area contributed by atoms with Gasteiger partial charge in [-0.2, -0.15) is 0 Å². The molecule has 1 fully saturated rings. The second-order valence-electron chi connectivity index (χ2n) is 6.03. The molecule has 0 spiro atoms. The molecule has 5 nitrogen and oxygen atoms in total. The van der Waals surface area contributed by atoms with E-state index in [4.69, 9.17) is 0 Å². The first-order valence-corrected chi connectivity index (χ1v) is 7.54. The van der Waals surface area contributed by atoms with Gasteiger partial charge >= 0.3 is 0 Å². The molecule has 112 valence electrons. The second kappa shape index (κ2) is 7.67. The van der Waals surface area contributed by atoms with E-state index in [0.29, 0.717) is 12.0 Å². The highest BCUT2D eigenvalue weighted by Gasteiger charge is 2.24. The highest BCUT2D eigenvalue weighted by Crippen LogP contribution is 2.13. The molecular weight excluding hydrogens is 250 g/mol. The van der Waals surface area contributed by atoms with Crippen molar-refractivity contribution >= 4 is 0 Å². The molecular formula is C15H27N5. The molecule has 1 saturated heterocycles. The maximum atomic E-state index is 4.05. The van der Waals surface area contributed by atoms with Gasteiger partial charge in [-0.25, -0.2) is 9.97 Å². The van der Waals surface area contributed by atoms with Gasteiger partial charge in [-0.05, 0) is 13.0 Å². The summed E-state index contributed by atoms with van der Waals surface area (Å²) in [5.41, 5.74) is 1.15. The van der Waals surface area contributed by atoms with Crippen LogP contribution in [0.3, 0.4) is 0 Å². The standard InChI is InChI=1S/C15H27N5/c1-13(2)15(20-6-4-19(3)5-7-20)11-16-8-14-9-17-12-18-10-14/h9-10,12-13,15-16H,4-8,11H2,1-3H3. The second-order valence-corrected chi connectivity index (χ2v) is 6.03. The number of aromatic nitrogens is 2. The minimum absolute atomic E-state index is 0.605. The number of nitrogens with one attached hydrogen (secondary N) is 1. The van der Waals surface area contributed by atoms with Crippen molar-refractivity contribution in [2.24, 2.45) is 5.92 Å². The predicted molar refractivity (Wildman–Crippen MR) is 81.4 cm³/mol. The minimum Gasteiger partial charge on any atom is -0.311 e. The van der Waals surface area contributed by atoms with Gasteiger partial charge in [-0.1, -0.05) is 13.8 Å². The van der Waals surface area contributed by atoms with Crippen LogP contribution >= 0.6 is 0 Å². The Morgan fingerprint density at radius 3 is 2.40 bits per heavy atom. The van der Waals surface area contributed by atoms with Crippen LogP contribution in [0.4, 0.5) is 0 Å². The molecule has 1 aromatic heterocycles. The Morgan fingerprint density at radius 1 is 1.15 bits per heavy atom. The fourth-order valence-corrected chi connectivity index (χ4v) is 2.73. The van der Waals surface area contributed by atoms with Crippen LogP contribution in [-0.4, -0.2) is 65.6 Å². The molecule has 0 amide bonds. The zero-order chi connectivity index (χ0) is 14.4. The van der Waals surface area contributed by atoms with E-state index < -0.39 is 0 Å². The molecule has 1 aliphatic rings. The normalized spacial score (nSPS) is 19.4. The summed E-state index contributed by atoms with van der Waals surface area (Å²) < 4.78 is 0. The molecule has 1 unspecified atom stereocenters. The molecule has 0 bridgehead atoms. The Balaban J connectivity index is 1.80. The topological polar surface area (TPSA) is 44.3 Å². The monoisotopic (exact) mass is 277 g/mol. The van der Waals surface area contributed by atoms with Gasteiger partial charge in [0.1, 0.15) is 6.33 Å². The summed E-state index contributed by atoms with van der Waals surface area (Å²) in [4.78, 5) is 13.1. The van der Waals surface area contributed by atoms with Crippen LogP contribution in [0.1, 0.15) is 19.4 Å². The van der Waals surface area contributed by atoms with E-state index >= 15 is 0 Å². The number of likely N-dealkylation sites (N-methyl/N-ethyl adjacent to an activating group) is 1. The lowest BCUT2D eigenvalue weighted by Crippen LogP contribution is -2.53. The van der Waals surface area contributed by atoms with Crippen LogP contribution in [0.15, 0.2) is 18.7 Å². The molecule has 1 aliphatic heterocycles. The zero-order valence-electron chi connectivity index (χ0n) is 12.9. The van der Waals surface area contributed by atoms with Crippen molar-refractivity contribution in [2.45, 2.75) is 26.4 Å². The van der Waals surface area contributed by atoms with Crippen molar-refractivity contribution in [2.75, 3.05) is 39.8 Å². The summed E-state index contributed by atoms with van der Waals surface area (Å²) in [6.45, 7) is 11.2. The molecule has 1 atom stereocenters. The third-order valence-electron chi connectivity index (χ3n) is 4.07. The fourth-order valence-electron chi connectivity index (χ4n) is 2.73. The van der Waals surface area contributed by atoms with Gasteiger partial charge in [0.15, 0.2) is 0 Å². The van der Waals surface area contributed by atoms with Gasteiger partial charge < -0.3 is 10.2 Å². The average molecular weight is 277 g/mol. The third-order valence-corrected chi connectivity index (χ3v) is 4.07. The van der Waals surface area contributed by atoms with E-state index in [1.54, 1.807) is 6.33 Å². The van der Waals surface area contributed by atoms with Crippen molar-refractivity contribution in [3.63, 3.8) is 0 Å². The van der Waals surface area contributed by atoms with E-state index in [0.717, 1.165) is 18.7 Å². The molecule has 0 aliphatic carbocycles. The number of hydrogen-bond acceptors (Lipinski definition) is 5. The molecule has 0 aromatic carbocycles. The first-order valence-electron chi connectivity index (χ1n) is 7.54. The summed E-state index contributed by atoms with van der Waals surface area (Å²) in [6.07, 6.45) is 5.32. The van der Waals surface area contributed by atoms with Crippen LogP contribution in [-0.2, 0) is 6.54 Å². The average Bonchev–Trinajstić information content (AvgIpc) is 2.46. The largest absolute Gasteiger partial charge is 0.311 e. The summed E-state index contributed by atoms with van der Waals surface area (Å²) in [6, 6.07) is 0.605. The quantitative estimate of drug-likeness (QED) is 0.835. The molecule has 1 aromatic rings. The first-order chi connectivity index (χ1) is 9.66. The zero-order valence-corrected chi connectivity index (χ0v) is 12.9. The third kappa shape index (κ3) is 4.51. The molecule has 1 N–H and O–H groups in total. The molecule has 0 radical (unpaired) electrons. The highest BCUT2D eigenvalue weighted by molar-refractivity contribution is 5.01. The SMILES string of the molecule is CC(C)C(CNCc1cncnc1)N1CCN(C)CC1. The van der Waals surface area contributed by atoms with E-state index in [2.05, 4.69) is 46.0 Å². The predicted octanol–water partition coefficient (Wildman–Crippen LogP) is 0.838. The number of piperazine rings is 1. The number of hydrogen-bond donors (Lipinski definition) is 1. The van der Waals surface area contributed by atoms with Crippen LogP contribution < -0.4 is 5.32 Å².